The lowest BCUT2D eigenvalue weighted by Gasteiger charge is -2.30. The van der Waals surface area contributed by atoms with Crippen molar-refractivity contribution >= 4 is 30.8 Å². The summed E-state index contributed by atoms with van der Waals surface area (Å²) >= 11 is 0. The predicted molar refractivity (Wildman–Crippen MR) is 74.4 cm³/mol. The summed E-state index contributed by atoms with van der Waals surface area (Å²) in [6, 6.07) is 3.94. The van der Waals surface area contributed by atoms with Crippen molar-refractivity contribution in [2.24, 2.45) is 5.92 Å². The summed E-state index contributed by atoms with van der Waals surface area (Å²) in [7, 11) is 0. The maximum absolute atomic E-state index is 10.9. The third-order valence-corrected chi connectivity index (χ3v) is 2.98. The Balaban J connectivity index is 0.00000144. The minimum absolute atomic E-state index is 0. The summed E-state index contributed by atoms with van der Waals surface area (Å²) in [6.07, 6.45) is 5.36. The van der Waals surface area contributed by atoms with Crippen LogP contribution < -0.4 is 0 Å². The zero-order chi connectivity index (χ0) is 11.4. The van der Waals surface area contributed by atoms with E-state index >= 15 is 0 Å². The van der Waals surface area contributed by atoms with Crippen LogP contribution in [0.15, 0.2) is 24.5 Å². The first-order valence-corrected chi connectivity index (χ1v) is 5.60. The van der Waals surface area contributed by atoms with Gasteiger partial charge in [-0.25, -0.2) is 0 Å². The number of carboxylic acids is 1. The molecule has 1 aliphatic rings. The van der Waals surface area contributed by atoms with Crippen molar-refractivity contribution in [3.05, 3.63) is 30.1 Å². The number of aliphatic carboxylic acids is 1. The fourth-order valence-corrected chi connectivity index (χ4v) is 2.15. The second-order valence-corrected chi connectivity index (χ2v) is 4.27. The summed E-state index contributed by atoms with van der Waals surface area (Å²) in [5.41, 5.74) is 1.15. The highest BCUT2D eigenvalue weighted by molar-refractivity contribution is 5.85. The molecule has 6 heteroatoms. The van der Waals surface area contributed by atoms with Gasteiger partial charge in [-0.2, -0.15) is 0 Å². The van der Waals surface area contributed by atoms with E-state index < -0.39 is 5.97 Å². The van der Waals surface area contributed by atoms with Crippen molar-refractivity contribution in [2.45, 2.75) is 19.4 Å². The van der Waals surface area contributed by atoms with Crippen LogP contribution in [0.1, 0.15) is 18.4 Å². The fourth-order valence-electron chi connectivity index (χ4n) is 2.15. The maximum atomic E-state index is 10.9. The average Bonchev–Trinajstić information content (AvgIpc) is 2.30. The second-order valence-electron chi connectivity index (χ2n) is 4.27. The highest BCUT2D eigenvalue weighted by Gasteiger charge is 2.25. The van der Waals surface area contributed by atoms with Gasteiger partial charge in [0.15, 0.2) is 0 Å². The van der Waals surface area contributed by atoms with E-state index in [9.17, 15) is 4.79 Å². The molecule has 2 heterocycles. The molecule has 1 fully saturated rings. The molecule has 0 aromatic carbocycles. The van der Waals surface area contributed by atoms with Gasteiger partial charge in [0.1, 0.15) is 0 Å². The zero-order valence-electron chi connectivity index (χ0n) is 9.99. The first-order valence-electron chi connectivity index (χ1n) is 5.60. The van der Waals surface area contributed by atoms with Gasteiger partial charge in [-0.05, 0) is 31.0 Å². The van der Waals surface area contributed by atoms with Crippen molar-refractivity contribution in [2.75, 3.05) is 13.1 Å². The van der Waals surface area contributed by atoms with Crippen LogP contribution in [0.2, 0.25) is 0 Å². The van der Waals surface area contributed by atoms with Gasteiger partial charge >= 0.3 is 5.97 Å². The third-order valence-electron chi connectivity index (χ3n) is 2.98. The van der Waals surface area contributed by atoms with Crippen molar-refractivity contribution in [1.82, 2.24) is 9.88 Å². The molecule has 2 rings (SSSR count). The van der Waals surface area contributed by atoms with Crippen molar-refractivity contribution in [3.8, 4) is 0 Å². The minimum Gasteiger partial charge on any atom is -0.481 e. The molecule has 0 spiro atoms. The van der Waals surface area contributed by atoms with E-state index in [1.807, 2.05) is 18.3 Å². The van der Waals surface area contributed by atoms with E-state index in [0.717, 1.165) is 31.5 Å². The van der Waals surface area contributed by atoms with E-state index in [4.69, 9.17) is 5.11 Å². The maximum Gasteiger partial charge on any atom is 0.307 e. The highest BCUT2D eigenvalue weighted by atomic mass is 35.5. The predicted octanol–water partition coefficient (Wildman–Crippen LogP) is 2.22. The van der Waals surface area contributed by atoms with Gasteiger partial charge in [0, 0.05) is 25.5 Å². The van der Waals surface area contributed by atoms with Crippen molar-refractivity contribution < 1.29 is 9.90 Å². The number of piperidine rings is 1. The SMILES string of the molecule is Cl.Cl.O=C(O)C1CCCN(Cc2cccnc2)C1. The number of likely N-dealkylation sites (tertiary alicyclic amines) is 1. The van der Waals surface area contributed by atoms with Gasteiger partial charge in [0.2, 0.25) is 0 Å². The van der Waals surface area contributed by atoms with Crippen LogP contribution in [0.5, 0.6) is 0 Å². The Hall–Kier alpha value is -0.840. The Labute approximate surface area is 119 Å². The number of carboxylic acid groups (broad SMARTS) is 1. The molecule has 1 saturated heterocycles. The molecule has 0 bridgehead atoms. The molecular formula is C12H18Cl2N2O2. The van der Waals surface area contributed by atoms with Crippen LogP contribution in [-0.4, -0.2) is 34.0 Å². The summed E-state index contributed by atoms with van der Waals surface area (Å²) < 4.78 is 0. The smallest absolute Gasteiger partial charge is 0.307 e. The fraction of sp³-hybridized carbons (Fsp3) is 0.500. The van der Waals surface area contributed by atoms with Crippen LogP contribution in [-0.2, 0) is 11.3 Å². The molecule has 1 atom stereocenters. The van der Waals surface area contributed by atoms with Gasteiger partial charge in [0.05, 0.1) is 5.92 Å². The van der Waals surface area contributed by atoms with Gasteiger partial charge in [0.25, 0.3) is 0 Å². The van der Waals surface area contributed by atoms with Crippen LogP contribution in [0.25, 0.3) is 0 Å². The van der Waals surface area contributed by atoms with Crippen LogP contribution >= 0.6 is 24.8 Å². The third kappa shape index (κ3) is 4.80. The standard InChI is InChI=1S/C12H16N2O2.2ClH/c15-12(16)11-4-2-6-14(9-11)8-10-3-1-5-13-7-10;;/h1,3,5,7,11H,2,4,6,8-9H2,(H,15,16);2*1H. The van der Waals surface area contributed by atoms with Crippen molar-refractivity contribution in [3.63, 3.8) is 0 Å². The van der Waals surface area contributed by atoms with E-state index in [-0.39, 0.29) is 30.7 Å². The number of halogens is 2. The molecule has 1 unspecified atom stereocenters. The molecule has 102 valence electrons. The number of aromatic nitrogens is 1. The first-order chi connectivity index (χ1) is 7.75. The number of hydrogen-bond donors (Lipinski definition) is 1. The van der Waals surface area contributed by atoms with Crippen LogP contribution in [0.3, 0.4) is 0 Å². The molecule has 4 nitrogen and oxygen atoms in total. The Morgan fingerprint density at radius 1 is 1.50 bits per heavy atom. The molecule has 1 N–H and O–H groups in total. The van der Waals surface area contributed by atoms with Crippen LogP contribution in [0, 0.1) is 5.92 Å². The van der Waals surface area contributed by atoms with Crippen molar-refractivity contribution in [1.29, 1.82) is 0 Å². The molecule has 1 aromatic heterocycles. The largest absolute Gasteiger partial charge is 0.481 e. The van der Waals surface area contributed by atoms with E-state index in [0.29, 0.717) is 6.54 Å². The molecule has 18 heavy (non-hydrogen) atoms. The van der Waals surface area contributed by atoms with Crippen LogP contribution in [0.4, 0.5) is 0 Å². The molecule has 1 aromatic rings. The number of rotatable bonds is 3. The molecular weight excluding hydrogens is 275 g/mol. The van der Waals surface area contributed by atoms with E-state index in [2.05, 4.69) is 9.88 Å². The lowest BCUT2D eigenvalue weighted by molar-refractivity contribution is -0.143. The second kappa shape index (κ2) is 8.29. The summed E-state index contributed by atoms with van der Waals surface area (Å²) in [5.74, 6) is -0.874. The van der Waals surface area contributed by atoms with Gasteiger partial charge in [-0.15, -0.1) is 24.8 Å². The average molecular weight is 293 g/mol. The molecule has 0 aliphatic carbocycles. The highest BCUT2D eigenvalue weighted by Crippen LogP contribution is 2.18. The Bertz CT molecular complexity index is 362. The molecule has 1 aliphatic heterocycles. The topological polar surface area (TPSA) is 53.4 Å². The quantitative estimate of drug-likeness (QED) is 0.928. The number of pyridine rings is 1. The summed E-state index contributed by atoms with van der Waals surface area (Å²) in [6.45, 7) is 2.44. The molecule has 0 amide bonds. The first kappa shape index (κ1) is 17.2. The van der Waals surface area contributed by atoms with E-state index in [1.54, 1.807) is 6.20 Å². The van der Waals surface area contributed by atoms with Gasteiger partial charge in [-0.3, -0.25) is 14.7 Å². The minimum atomic E-state index is -0.670. The summed E-state index contributed by atoms with van der Waals surface area (Å²) in [5, 5.41) is 8.98. The van der Waals surface area contributed by atoms with Gasteiger partial charge in [-0.1, -0.05) is 6.07 Å². The Morgan fingerprint density at radius 2 is 2.28 bits per heavy atom. The Kier molecular flexibility index (Phi) is 7.91. The lowest BCUT2D eigenvalue weighted by Crippen LogP contribution is -2.38. The number of nitrogens with zero attached hydrogens (tertiary/aromatic N) is 2. The number of hydrogen-bond acceptors (Lipinski definition) is 3. The van der Waals surface area contributed by atoms with Gasteiger partial charge < -0.3 is 5.11 Å². The molecule has 0 radical (unpaired) electrons. The Morgan fingerprint density at radius 3 is 2.89 bits per heavy atom. The van der Waals surface area contributed by atoms with E-state index in [1.165, 1.54) is 0 Å². The zero-order valence-corrected chi connectivity index (χ0v) is 11.6. The lowest BCUT2D eigenvalue weighted by atomic mass is 9.98. The number of carbonyl (C=O) groups is 1. The molecule has 0 saturated carbocycles. The summed E-state index contributed by atoms with van der Waals surface area (Å²) in [4.78, 5) is 17.2. The monoisotopic (exact) mass is 292 g/mol. The normalized spacial score (nSPS) is 19.4.